The van der Waals surface area contributed by atoms with Crippen molar-refractivity contribution < 1.29 is 4.79 Å². The lowest BCUT2D eigenvalue weighted by atomic mass is 10.00. The number of hydrogen-bond acceptors (Lipinski definition) is 7. The van der Waals surface area contributed by atoms with Crippen LogP contribution in [0.2, 0.25) is 0 Å². The Balaban J connectivity index is 1.40. The number of amides is 1. The van der Waals surface area contributed by atoms with E-state index in [4.69, 9.17) is 10.7 Å². The number of hydrogen-bond donors (Lipinski definition) is 3. The van der Waals surface area contributed by atoms with E-state index in [2.05, 4.69) is 51.2 Å². The molecular formula is C29H31N7O. The molecule has 0 spiro atoms. The number of fused-ring (bicyclic) bond motifs is 1. The summed E-state index contributed by atoms with van der Waals surface area (Å²) in [6, 6.07) is 22.2. The van der Waals surface area contributed by atoms with Gasteiger partial charge in [0.05, 0.1) is 5.52 Å². The third kappa shape index (κ3) is 5.54. The number of para-hydroxylation sites is 1. The molecule has 0 atom stereocenters. The van der Waals surface area contributed by atoms with Gasteiger partial charge < -0.3 is 26.2 Å². The summed E-state index contributed by atoms with van der Waals surface area (Å²) in [5, 5.41) is 6.93. The van der Waals surface area contributed by atoms with Gasteiger partial charge in [0.25, 0.3) is 0 Å². The Kier molecular flexibility index (Phi) is 7.00. The standard InChI is InChI=1S/C29H31N7O/c1-3-26(37)31-19-20-6-4-7-21(18-20)24-8-5-9-25-27(24)33-29(34-28(25)30)32-22-10-12-23(13-11-22)36-16-14-35(2)15-17-36/h3-13,18H,1,14-17,19H2,2H3,(H,31,37)(H3,30,32,33,34). The first-order valence-corrected chi connectivity index (χ1v) is 12.4. The Hall–Kier alpha value is -4.43. The maximum atomic E-state index is 11.6. The number of carbonyl (C=O) groups is 1. The number of benzene rings is 3. The number of nitrogens with two attached hydrogens (primary N) is 1. The molecular weight excluding hydrogens is 462 g/mol. The minimum Gasteiger partial charge on any atom is -0.383 e. The highest BCUT2D eigenvalue weighted by atomic mass is 16.1. The molecule has 4 aromatic rings. The quantitative estimate of drug-likeness (QED) is 0.332. The molecule has 188 valence electrons. The summed E-state index contributed by atoms with van der Waals surface area (Å²) >= 11 is 0. The lowest BCUT2D eigenvalue weighted by Crippen LogP contribution is -2.44. The Morgan fingerprint density at radius 1 is 1.03 bits per heavy atom. The molecule has 2 heterocycles. The second-order valence-electron chi connectivity index (χ2n) is 9.22. The fourth-order valence-corrected chi connectivity index (χ4v) is 4.52. The number of aromatic nitrogens is 2. The van der Waals surface area contributed by atoms with Crippen molar-refractivity contribution in [3.8, 4) is 11.1 Å². The van der Waals surface area contributed by atoms with Crippen molar-refractivity contribution in [1.29, 1.82) is 0 Å². The first-order valence-electron chi connectivity index (χ1n) is 12.4. The lowest BCUT2D eigenvalue weighted by molar-refractivity contribution is -0.116. The predicted octanol–water partition coefficient (Wildman–Crippen LogP) is 4.18. The van der Waals surface area contributed by atoms with Crippen molar-refractivity contribution in [3.63, 3.8) is 0 Å². The monoisotopic (exact) mass is 493 g/mol. The van der Waals surface area contributed by atoms with Crippen LogP contribution in [-0.2, 0) is 11.3 Å². The van der Waals surface area contributed by atoms with Crippen LogP contribution in [0.5, 0.6) is 0 Å². The number of likely N-dealkylation sites (N-methyl/N-ethyl adjacent to an activating group) is 1. The maximum absolute atomic E-state index is 11.6. The molecule has 8 heteroatoms. The number of carbonyl (C=O) groups excluding carboxylic acids is 1. The average Bonchev–Trinajstić information content (AvgIpc) is 2.92. The largest absolute Gasteiger partial charge is 0.383 e. The molecule has 1 amide bonds. The minimum atomic E-state index is -0.205. The van der Waals surface area contributed by atoms with Gasteiger partial charge in [-0.05, 0) is 60.6 Å². The van der Waals surface area contributed by atoms with Gasteiger partial charge in [0.2, 0.25) is 11.9 Å². The Bertz CT molecular complexity index is 1430. The van der Waals surface area contributed by atoms with Crippen LogP contribution in [0.4, 0.5) is 23.1 Å². The van der Waals surface area contributed by atoms with Gasteiger partial charge in [-0.1, -0.05) is 36.9 Å². The minimum absolute atomic E-state index is 0.205. The third-order valence-corrected chi connectivity index (χ3v) is 6.64. The molecule has 4 N–H and O–H groups in total. The van der Waals surface area contributed by atoms with Crippen molar-refractivity contribution in [1.82, 2.24) is 20.2 Å². The molecule has 1 aliphatic heterocycles. The molecule has 0 unspecified atom stereocenters. The van der Waals surface area contributed by atoms with E-state index in [1.807, 2.05) is 54.6 Å². The topological polar surface area (TPSA) is 99.4 Å². The summed E-state index contributed by atoms with van der Waals surface area (Å²) in [6.45, 7) is 8.10. The summed E-state index contributed by atoms with van der Waals surface area (Å²) in [7, 11) is 2.16. The maximum Gasteiger partial charge on any atom is 0.243 e. The van der Waals surface area contributed by atoms with E-state index in [9.17, 15) is 4.79 Å². The SMILES string of the molecule is C=CC(=O)NCc1cccc(-c2cccc3c(N)nc(Nc4ccc(N5CCN(C)CC5)cc4)nc23)c1. The number of anilines is 4. The second kappa shape index (κ2) is 10.7. The fraction of sp³-hybridized carbons (Fsp3) is 0.207. The first-order chi connectivity index (χ1) is 18.0. The van der Waals surface area contributed by atoms with Gasteiger partial charge in [-0.25, -0.2) is 4.98 Å². The number of rotatable bonds is 7. The van der Waals surface area contributed by atoms with Crippen LogP contribution in [0, 0.1) is 0 Å². The van der Waals surface area contributed by atoms with Gasteiger partial charge in [0, 0.05) is 55.0 Å². The van der Waals surface area contributed by atoms with Crippen LogP contribution in [0.25, 0.3) is 22.0 Å². The van der Waals surface area contributed by atoms with E-state index in [-0.39, 0.29) is 5.91 Å². The van der Waals surface area contributed by atoms with Gasteiger partial charge >= 0.3 is 0 Å². The molecule has 0 bridgehead atoms. The van der Waals surface area contributed by atoms with Crippen molar-refractivity contribution in [2.24, 2.45) is 0 Å². The molecule has 1 saturated heterocycles. The summed E-state index contributed by atoms with van der Waals surface area (Å²) in [5.41, 5.74) is 12.1. The Labute approximate surface area is 216 Å². The van der Waals surface area contributed by atoms with Gasteiger partial charge in [-0.2, -0.15) is 4.98 Å². The van der Waals surface area contributed by atoms with Crippen molar-refractivity contribution in [3.05, 3.63) is 84.9 Å². The zero-order valence-corrected chi connectivity index (χ0v) is 20.9. The van der Waals surface area contributed by atoms with E-state index < -0.39 is 0 Å². The highest BCUT2D eigenvalue weighted by Crippen LogP contribution is 2.31. The first kappa shape index (κ1) is 24.3. The summed E-state index contributed by atoms with van der Waals surface area (Å²) < 4.78 is 0. The fourth-order valence-electron chi connectivity index (χ4n) is 4.52. The van der Waals surface area contributed by atoms with Crippen LogP contribution in [0.15, 0.2) is 79.4 Å². The molecule has 1 aromatic heterocycles. The Morgan fingerprint density at radius 3 is 2.54 bits per heavy atom. The second-order valence-corrected chi connectivity index (χ2v) is 9.22. The number of nitrogen functional groups attached to an aromatic ring is 1. The van der Waals surface area contributed by atoms with E-state index in [0.717, 1.165) is 59.5 Å². The van der Waals surface area contributed by atoms with Crippen LogP contribution in [0.1, 0.15) is 5.56 Å². The summed E-state index contributed by atoms with van der Waals surface area (Å²) in [4.78, 5) is 25.7. The van der Waals surface area contributed by atoms with E-state index in [1.165, 1.54) is 11.8 Å². The van der Waals surface area contributed by atoms with Crippen molar-refractivity contribution in [2.45, 2.75) is 6.54 Å². The smallest absolute Gasteiger partial charge is 0.243 e. The molecule has 37 heavy (non-hydrogen) atoms. The molecule has 1 aliphatic rings. The van der Waals surface area contributed by atoms with Gasteiger partial charge in [-0.15, -0.1) is 0 Å². The highest BCUT2D eigenvalue weighted by molar-refractivity contribution is 5.99. The summed E-state index contributed by atoms with van der Waals surface area (Å²) in [5.74, 6) is 0.653. The number of nitrogens with zero attached hydrogens (tertiary/aromatic N) is 4. The predicted molar refractivity (Wildman–Crippen MR) is 151 cm³/mol. The molecule has 8 nitrogen and oxygen atoms in total. The van der Waals surface area contributed by atoms with Crippen molar-refractivity contribution >= 4 is 40.0 Å². The molecule has 0 saturated carbocycles. The zero-order valence-electron chi connectivity index (χ0n) is 20.9. The third-order valence-electron chi connectivity index (χ3n) is 6.64. The number of nitrogens with one attached hydrogen (secondary N) is 2. The van der Waals surface area contributed by atoms with Gasteiger partial charge in [-0.3, -0.25) is 4.79 Å². The molecule has 3 aromatic carbocycles. The molecule has 1 fully saturated rings. The van der Waals surface area contributed by atoms with Crippen LogP contribution in [0.3, 0.4) is 0 Å². The van der Waals surface area contributed by atoms with Crippen molar-refractivity contribution in [2.75, 3.05) is 49.2 Å². The normalized spacial score (nSPS) is 13.9. The van der Waals surface area contributed by atoms with Gasteiger partial charge in [0.15, 0.2) is 0 Å². The highest BCUT2D eigenvalue weighted by Gasteiger charge is 2.15. The average molecular weight is 494 g/mol. The van der Waals surface area contributed by atoms with E-state index in [0.29, 0.717) is 18.3 Å². The summed E-state index contributed by atoms with van der Waals surface area (Å²) in [6.07, 6.45) is 1.27. The molecule has 5 rings (SSSR count). The Morgan fingerprint density at radius 2 is 1.78 bits per heavy atom. The van der Waals surface area contributed by atoms with Crippen LogP contribution in [-0.4, -0.2) is 54.0 Å². The van der Waals surface area contributed by atoms with E-state index >= 15 is 0 Å². The lowest BCUT2D eigenvalue weighted by Gasteiger charge is -2.34. The zero-order chi connectivity index (χ0) is 25.8. The molecule has 0 radical (unpaired) electrons. The number of piperazine rings is 1. The van der Waals surface area contributed by atoms with Crippen LogP contribution >= 0.6 is 0 Å². The molecule has 0 aliphatic carbocycles. The van der Waals surface area contributed by atoms with E-state index in [1.54, 1.807) is 0 Å². The van der Waals surface area contributed by atoms with Gasteiger partial charge in [0.1, 0.15) is 5.82 Å². The van der Waals surface area contributed by atoms with Crippen LogP contribution < -0.4 is 21.3 Å².